The average Bonchev–Trinajstić information content (AvgIpc) is 3.46. The minimum absolute atomic E-state index is 0.0276. The molecule has 7 nitrogen and oxygen atoms in total. The Hall–Kier alpha value is -2.74. The Labute approximate surface area is 173 Å². The molecule has 2 fully saturated rings. The summed E-state index contributed by atoms with van der Waals surface area (Å²) >= 11 is 1.30. The summed E-state index contributed by atoms with van der Waals surface area (Å²) in [6.45, 7) is 1.15. The molecule has 4 rings (SSSR count). The summed E-state index contributed by atoms with van der Waals surface area (Å²) in [5.41, 5.74) is 1.19. The highest BCUT2D eigenvalue weighted by molar-refractivity contribution is 7.14. The number of nitrogens with zero attached hydrogens (tertiary/aromatic N) is 2. The predicted octanol–water partition coefficient (Wildman–Crippen LogP) is 2.46. The molecule has 2 aromatic rings. The molecule has 1 aromatic heterocycles. The van der Waals surface area contributed by atoms with Crippen molar-refractivity contribution in [3.05, 3.63) is 47.0 Å². The Bertz CT molecular complexity index is 894. The summed E-state index contributed by atoms with van der Waals surface area (Å²) in [6.07, 6.45) is 3.97. The fraction of sp³-hybridized carbons (Fsp3) is 0.429. The number of hydrogen-bond acceptors (Lipinski definition) is 5. The number of thiazole rings is 1. The number of carbonyl (C=O) groups excluding carboxylic acids is 3. The van der Waals surface area contributed by atoms with E-state index in [9.17, 15) is 14.4 Å². The molecule has 1 aliphatic carbocycles. The lowest BCUT2D eigenvalue weighted by molar-refractivity contribution is -0.135. The highest BCUT2D eigenvalue weighted by Crippen LogP contribution is 2.23. The molecule has 2 aliphatic rings. The van der Waals surface area contributed by atoms with Crippen LogP contribution in [0, 0.1) is 5.92 Å². The summed E-state index contributed by atoms with van der Waals surface area (Å²) in [6, 6.07) is 9.27. The lowest BCUT2D eigenvalue weighted by Gasteiger charge is -2.32. The molecule has 1 aromatic carbocycles. The smallest absolute Gasteiger partial charge is 0.257 e. The Morgan fingerprint density at radius 1 is 1.14 bits per heavy atom. The van der Waals surface area contributed by atoms with E-state index in [1.54, 1.807) is 34.5 Å². The van der Waals surface area contributed by atoms with Crippen molar-refractivity contribution < 1.29 is 14.4 Å². The van der Waals surface area contributed by atoms with Gasteiger partial charge in [0.25, 0.3) is 5.91 Å². The molecule has 1 saturated heterocycles. The third-order valence-corrected chi connectivity index (χ3v) is 6.02. The second-order valence-electron chi connectivity index (χ2n) is 7.60. The lowest BCUT2D eigenvalue weighted by Crippen LogP contribution is -2.46. The molecule has 152 valence electrons. The van der Waals surface area contributed by atoms with Gasteiger partial charge in [0.2, 0.25) is 11.8 Å². The fourth-order valence-corrected chi connectivity index (χ4v) is 4.14. The maximum atomic E-state index is 12.7. The van der Waals surface area contributed by atoms with Crippen LogP contribution < -0.4 is 10.6 Å². The number of amides is 3. The van der Waals surface area contributed by atoms with Crippen LogP contribution in [0.1, 0.15) is 41.7 Å². The van der Waals surface area contributed by atoms with E-state index in [4.69, 9.17) is 0 Å². The summed E-state index contributed by atoms with van der Waals surface area (Å²) in [5.74, 6) is -0.299. The molecule has 1 unspecified atom stereocenters. The molecular weight excluding hydrogens is 388 g/mol. The van der Waals surface area contributed by atoms with E-state index in [-0.39, 0.29) is 30.1 Å². The molecule has 2 heterocycles. The fourth-order valence-electron chi connectivity index (χ4n) is 3.44. The van der Waals surface area contributed by atoms with E-state index in [1.165, 1.54) is 11.3 Å². The molecule has 1 saturated carbocycles. The van der Waals surface area contributed by atoms with Crippen LogP contribution in [0.3, 0.4) is 0 Å². The molecule has 1 atom stereocenters. The van der Waals surface area contributed by atoms with Gasteiger partial charge in [-0.2, -0.15) is 0 Å². The lowest BCUT2D eigenvalue weighted by atomic mass is 9.96. The van der Waals surface area contributed by atoms with Crippen molar-refractivity contribution in [3.8, 4) is 0 Å². The summed E-state index contributed by atoms with van der Waals surface area (Å²) in [4.78, 5) is 43.3. The van der Waals surface area contributed by atoms with Crippen molar-refractivity contribution in [3.63, 3.8) is 0 Å². The van der Waals surface area contributed by atoms with Crippen LogP contribution in [-0.2, 0) is 16.0 Å². The van der Waals surface area contributed by atoms with E-state index in [1.807, 2.05) is 6.07 Å². The second kappa shape index (κ2) is 8.73. The molecule has 1 aliphatic heterocycles. The van der Waals surface area contributed by atoms with Crippen LogP contribution in [0.2, 0.25) is 0 Å². The van der Waals surface area contributed by atoms with Gasteiger partial charge in [-0.3, -0.25) is 19.7 Å². The van der Waals surface area contributed by atoms with Crippen molar-refractivity contribution in [1.29, 1.82) is 0 Å². The van der Waals surface area contributed by atoms with E-state index < -0.39 is 0 Å². The maximum Gasteiger partial charge on any atom is 0.257 e. The number of benzene rings is 1. The Balaban J connectivity index is 1.30. The van der Waals surface area contributed by atoms with Crippen LogP contribution in [0.4, 0.5) is 5.13 Å². The van der Waals surface area contributed by atoms with Crippen LogP contribution in [0.5, 0.6) is 0 Å². The van der Waals surface area contributed by atoms with Gasteiger partial charge in [0.05, 0.1) is 18.0 Å². The number of aromatic nitrogens is 1. The highest BCUT2D eigenvalue weighted by Gasteiger charge is 2.32. The zero-order chi connectivity index (χ0) is 20.2. The number of piperidine rings is 1. The van der Waals surface area contributed by atoms with Gasteiger partial charge >= 0.3 is 0 Å². The minimum atomic E-state index is -0.224. The molecule has 0 radical (unpaired) electrons. The number of hydrogen-bond donors (Lipinski definition) is 2. The van der Waals surface area contributed by atoms with Crippen molar-refractivity contribution in [2.24, 2.45) is 5.92 Å². The Morgan fingerprint density at radius 3 is 2.69 bits per heavy atom. The molecule has 3 amide bonds. The van der Waals surface area contributed by atoms with E-state index >= 15 is 0 Å². The zero-order valence-corrected chi connectivity index (χ0v) is 16.9. The summed E-state index contributed by atoms with van der Waals surface area (Å²) in [7, 11) is 0. The van der Waals surface area contributed by atoms with Crippen LogP contribution in [-0.4, -0.2) is 46.7 Å². The largest absolute Gasteiger partial charge is 0.353 e. The number of rotatable bonds is 6. The minimum Gasteiger partial charge on any atom is -0.353 e. The Morgan fingerprint density at radius 2 is 1.93 bits per heavy atom. The quantitative estimate of drug-likeness (QED) is 0.762. The number of likely N-dealkylation sites (tertiary alicyclic amines) is 1. The summed E-state index contributed by atoms with van der Waals surface area (Å²) in [5, 5.41) is 8.07. The molecule has 8 heteroatoms. The number of nitrogens with one attached hydrogen (secondary N) is 2. The van der Waals surface area contributed by atoms with Gasteiger partial charge in [-0.1, -0.05) is 18.2 Å². The third kappa shape index (κ3) is 5.20. The van der Waals surface area contributed by atoms with E-state index in [0.717, 1.165) is 25.7 Å². The molecule has 29 heavy (non-hydrogen) atoms. The first-order valence-corrected chi connectivity index (χ1v) is 10.9. The molecule has 0 spiro atoms. The Kier molecular flexibility index (Phi) is 5.89. The van der Waals surface area contributed by atoms with Crippen molar-refractivity contribution in [2.75, 3.05) is 18.4 Å². The standard InChI is InChI=1S/C21H24N4O3S/c26-18(25-10-4-7-15(12-25)20(28)22-16-8-9-16)11-17-13-29-21(23-17)24-19(27)14-5-2-1-3-6-14/h1-3,5-6,13,15-16H,4,7-12H2,(H,22,28)(H,23,24,27). The van der Waals surface area contributed by atoms with Gasteiger partial charge in [-0.05, 0) is 37.8 Å². The third-order valence-electron chi connectivity index (χ3n) is 5.21. The van der Waals surface area contributed by atoms with Gasteiger partial charge in [0.1, 0.15) is 0 Å². The zero-order valence-electron chi connectivity index (χ0n) is 16.1. The van der Waals surface area contributed by atoms with Crippen LogP contribution >= 0.6 is 11.3 Å². The van der Waals surface area contributed by atoms with Crippen LogP contribution in [0.25, 0.3) is 0 Å². The van der Waals surface area contributed by atoms with Gasteiger partial charge in [-0.25, -0.2) is 4.98 Å². The monoisotopic (exact) mass is 412 g/mol. The van der Waals surface area contributed by atoms with Gasteiger partial charge in [0.15, 0.2) is 5.13 Å². The van der Waals surface area contributed by atoms with E-state index in [0.29, 0.717) is 35.5 Å². The molecular formula is C21H24N4O3S. The average molecular weight is 413 g/mol. The molecule has 2 N–H and O–H groups in total. The maximum absolute atomic E-state index is 12.7. The topological polar surface area (TPSA) is 91.4 Å². The second-order valence-corrected chi connectivity index (χ2v) is 8.46. The first-order valence-electron chi connectivity index (χ1n) is 9.97. The summed E-state index contributed by atoms with van der Waals surface area (Å²) < 4.78 is 0. The number of anilines is 1. The van der Waals surface area contributed by atoms with Gasteiger partial charge in [0, 0.05) is 30.1 Å². The molecule has 0 bridgehead atoms. The van der Waals surface area contributed by atoms with Crippen LogP contribution in [0.15, 0.2) is 35.7 Å². The first kappa shape index (κ1) is 19.6. The number of carbonyl (C=O) groups is 3. The highest BCUT2D eigenvalue weighted by atomic mass is 32.1. The predicted molar refractivity (Wildman–Crippen MR) is 111 cm³/mol. The van der Waals surface area contributed by atoms with E-state index in [2.05, 4.69) is 15.6 Å². The van der Waals surface area contributed by atoms with Gasteiger partial charge < -0.3 is 10.2 Å². The first-order chi connectivity index (χ1) is 14.1. The van der Waals surface area contributed by atoms with Crippen molar-refractivity contribution in [1.82, 2.24) is 15.2 Å². The normalized spacial score (nSPS) is 18.9. The van der Waals surface area contributed by atoms with Crippen molar-refractivity contribution >= 4 is 34.2 Å². The van der Waals surface area contributed by atoms with Gasteiger partial charge in [-0.15, -0.1) is 11.3 Å². The SMILES string of the molecule is O=C(Nc1nc(CC(=O)N2CCCC(C(=O)NC3CC3)C2)cs1)c1ccccc1. The van der Waals surface area contributed by atoms with Crippen molar-refractivity contribution in [2.45, 2.75) is 38.1 Å².